The molecule has 0 aliphatic carbocycles. The highest BCUT2D eigenvalue weighted by Gasteiger charge is 2.19. The van der Waals surface area contributed by atoms with E-state index in [9.17, 15) is 9.59 Å². The number of benzene rings is 2. The summed E-state index contributed by atoms with van der Waals surface area (Å²) >= 11 is 0. The van der Waals surface area contributed by atoms with Gasteiger partial charge < -0.3 is 4.74 Å². The van der Waals surface area contributed by atoms with E-state index in [4.69, 9.17) is 9.72 Å². The summed E-state index contributed by atoms with van der Waals surface area (Å²) in [6.45, 7) is 2.19. The highest BCUT2D eigenvalue weighted by Crippen LogP contribution is 2.25. The van der Waals surface area contributed by atoms with Crippen molar-refractivity contribution < 1.29 is 9.53 Å². The number of ether oxygens (including phenoxy) is 1. The first-order chi connectivity index (χ1) is 15.7. The molecule has 0 N–H and O–H groups in total. The Hall–Kier alpha value is -4.40. The molecule has 0 bridgehead atoms. The lowest BCUT2D eigenvalue weighted by Gasteiger charge is -2.09. The number of aromatic nitrogens is 6. The minimum Gasteiger partial charge on any atom is -0.439 e. The fraction of sp³-hybridized carbons (Fsp3) is 0.130. The SMILES string of the molecule is CCn1ncc2c(C(=O)OCn3nnc4ccccc4c3=O)cc(-c3ccccc3)nc21. The molecule has 0 unspecified atom stereocenters. The van der Waals surface area contributed by atoms with Crippen LogP contribution in [0.5, 0.6) is 0 Å². The highest BCUT2D eigenvalue weighted by molar-refractivity contribution is 6.03. The zero-order valence-corrected chi connectivity index (χ0v) is 17.2. The van der Waals surface area contributed by atoms with Crippen molar-refractivity contribution in [1.29, 1.82) is 0 Å². The summed E-state index contributed by atoms with van der Waals surface area (Å²) < 4.78 is 8.18. The van der Waals surface area contributed by atoms with Crippen molar-refractivity contribution in [1.82, 2.24) is 29.8 Å². The van der Waals surface area contributed by atoms with E-state index in [1.54, 1.807) is 41.2 Å². The molecule has 3 aromatic heterocycles. The van der Waals surface area contributed by atoms with Gasteiger partial charge in [0.25, 0.3) is 5.56 Å². The molecule has 0 aliphatic heterocycles. The molecule has 0 saturated carbocycles. The minimum absolute atomic E-state index is 0.315. The largest absolute Gasteiger partial charge is 0.439 e. The summed E-state index contributed by atoms with van der Waals surface area (Å²) in [5.41, 5.74) is 2.49. The van der Waals surface area contributed by atoms with Gasteiger partial charge in [0.15, 0.2) is 12.4 Å². The van der Waals surface area contributed by atoms with Crippen molar-refractivity contribution in [3.63, 3.8) is 0 Å². The minimum atomic E-state index is -0.605. The van der Waals surface area contributed by atoms with Crippen LogP contribution in [0.1, 0.15) is 17.3 Å². The average Bonchev–Trinajstić information content (AvgIpc) is 3.26. The van der Waals surface area contributed by atoms with Crippen molar-refractivity contribution in [2.75, 3.05) is 0 Å². The molecule has 0 spiro atoms. The maximum atomic E-state index is 13.0. The zero-order chi connectivity index (χ0) is 22.1. The fourth-order valence-electron chi connectivity index (χ4n) is 3.51. The van der Waals surface area contributed by atoms with E-state index < -0.39 is 5.97 Å². The molecule has 0 aliphatic rings. The average molecular weight is 426 g/mol. The van der Waals surface area contributed by atoms with Gasteiger partial charge in [-0.05, 0) is 25.1 Å². The van der Waals surface area contributed by atoms with Crippen LogP contribution in [-0.2, 0) is 18.0 Å². The summed E-state index contributed by atoms with van der Waals surface area (Å²) in [6, 6.07) is 18.1. The molecule has 3 heterocycles. The second kappa shape index (κ2) is 8.03. The van der Waals surface area contributed by atoms with Crippen LogP contribution in [0, 0.1) is 0 Å². The number of carbonyl (C=O) groups excluding carboxylic acids is 1. The van der Waals surface area contributed by atoms with Crippen LogP contribution >= 0.6 is 0 Å². The van der Waals surface area contributed by atoms with Gasteiger partial charge in [0.05, 0.1) is 28.2 Å². The number of nitrogens with zero attached hydrogens (tertiary/aromatic N) is 6. The summed E-state index contributed by atoms with van der Waals surface area (Å²) in [5.74, 6) is -0.605. The van der Waals surface area contributed by atoms with Gasteiger partial charge in [-0.15, -0.1) is 5.10 Å². The van der Waals surface area contributed by atoms with E-state index in [-0.39, 0.29) is 12.3 Å². The van der Waals surface area contributed by atoms with Crippen LogP contribution in [0.25, 0.3) is 33.2 Å². The van der Waals surface area contributed by atoms with Crippen LogP contribution < -0.4 is 5.56 Å². The number of hydrogen-bond donors (Lipinski definition) is 0. The lowest BCUT2D eigenvalue weighted by molar-refractivity contribution is 0.0338. The first-order valence-electron chi connectivity index (χ1n) is 10.1. The second-order valence-corrected chi connectivity index (χ2v) is 7.09. The molecule has 5 aromatic rings. The Labute approximate surface area is 181 Å². The van der Waals surface area contributed by atoms with E-state index in [0.29, 0.717) is 39.7 Å². The lowest BCUT2D eigenvalue weighted by Crippen LogP contribution is -2.26. The van der Waals surface area contributed by atoms with Crippen LogP contribution in [-0.4, -0.2) is 35.7 Å². The van der Waals surface area contributed by atoms with Gasteiger partial charge in [-0.2, -0.15) is 9.78 Å². The van der Waals surface area contributed by atoms with Gasteiger partial charge in [0, 0.05) is 12.1 Å². The van der Waals surface area contributed by atoms with Crippen molar-refractivity contribution in [2.45, 2.75) is 20.2 Å². The normalized spacial score (nSPS) is 11.2. The number of carbonyl (C=O) groups is 1. The topological polar surface area (TPSA) is 105 Å². The Bertz CT molecular complexity index is 1510. The standard InChI is InChI=1S/C23H18N6O3/c1-2-28-21-18(13-24-28)17(12-20(25-21)15-8-4-3-5-9-15)23(31)32-14-29-22(30)16-10-6-7-11-19(16)26-27-29/h3-13H,2,14H2,1H3. The zero-order valence-electron chi connectivity index (χ0n) is 17.2. The van der Waals surface area contributed by atoms with Crippen molar-refractivity contribution in [2.24, 2.45) is 0 Å². The predicted molar refractivity (Wildman–Crippen MR) is 118 cm³/mol. The molecule has 0 amide bonds. The van der Waals surface area contributed by atoms with Gasteiger partial charge in [-0.1, -0.05) is 47.7 Å². The van der Waals surface area contributed by atoms with Gasteiger partial charge in [-0.3, -0.25) is 4.79 Å². The Morgan fingerprint density at radius 2 is 1.78 bits per heavy atom. The van der Waals surface area contributed by atoms with Crippen LogP contribution in [0.15, 0.2) is 71.7 Å². The van der Waals surface area contributed by atoms with Crippen molar-refractivity contribution >= 4 is 27.9 Å². The molecular formula is C23H18N6O3. The third kappa shape index (κ3) is 3.39. The molecular weight excluding hydrogens is 408 g/mol. The quantitative estimate of drug-likeness (QED) is 0.398. The number of esters is 1. The van der Waals surface area contributed by atoms with E-state index in [2.05, 4.69) is 15.4 Å². The Morgan fingerprint density at radius 1 is 1.00 bits per heavy atom. The first-order valence-corrected chi connectivity index (χ1v) is 10.1. The third-order valence-corrected chi connectivity index (χ3v) is 5.15. The molecule has 32 heavy (non-hydrogen) atoms. The van der Waals surface area contributed by atoms with E-state index >= 15 is 0 Å². The van der Waals surface area contributed by atoms with Gasteiger partial charge in [0.2, 0.25) is 0 Å². The smallest absolute Gasteiger partial charge is 0.340 e. The third-order valence-electron chi connectivity index (χ3n) is 5.15. The summed E-state index contributed by atoms with van der Waals surface area (Å²) in [5, 5.41) is 13.2. The summed E-state index contributed by atoms with van der Waals surface area (Å²) in [4.78, 5) is 30.4. The summed E-state index contributed by atoms with van der Waals surface area (Å²) in [6.07, 6.45) is 1.60. The Balaban J connectivity index is 1.51. The molecule has 0 fully saturated rings. The predicted octanol–water partition coefficient (Wildman–Crippen LogP) is 3.04. The lowest BCUT2D eigenvalue weighted by atomic mass is 10.1. The van der Waals surface area contributed by atoms with Crippen LogP contribution in [0.4, 0.5) is 0 Å². The highest BCUT2D eigenvalue weighted by atomic mass is 16.5. The maximum Gasteiger partial charge on any atom is 0.340 e. The second-order valence-electron chi connectivity index (χ2n) is 7.09. The first kappa shape index (κ1) is 19.6. The monoisotopic (exact) mass is 426 g/mol. The van der Waals surface area contributed by atoms with Crippen LogP contribution in [0.3, 0.4) is 0 Å². The molecule has 0 atom stereocenters. The molecule has 5 rings (SSSR count). The fourth-order valence-corrected chi connectivity index (χ4v) is 3.51. The van der Waals surface area contributed by atoms with Crippen LogP contribution in [0.2, 0.25) is 0 Å². The molecule has 0 radical (unpaired) electrons. The molecule has 2 aromatic carbocycles. The van der Waals surface area contributed by atoms with E-state index in [1.807, 2.05) is 37.3 Å². The Kier molecular flexibility index (Phi) is 4.91. The number of rotatable bonds is 5. The molecule has 9 nitrogen and oxygen atoms in total. The Morgan fingerprint density at radius 3 is 2.59 bits per heavy atom. The molecule has 158 valence electrons. The molecule has 9 heteroatoms. The number of aryl methyl sites for hydroxylation is 1. The van der Waals surface area contributed by atoms with Crippen molar-refractivity contribution in [3.8, 4) is 11.3 Å². The maximum absolute atomic E-state index is 13.0. The number of fused-ring (bicyclic) bond motifs is 2. The number of pyridine rings is 1. The summed E-state index contributed by atoms with van der Waals surface area (Å²) in [7, 11) is 0. The van der Waals surface area contributed by atoms with E-state index in [0.717, 1.165) is 10.2 Å². The number of hydrogen-bond acceptors (Lipinski definition) is 7. The van der Waals surface area contributed by atoms with Gasteiger partial charge in [-0.25, -0.2) is 14.5 Å². The molecule has 0 saturated heterocycles. The van der Waals surface area contributed by atoms with Gasteiger partial charge in [0.1, 0.15) is 5.52 Å². The van der Waals surface area contributed by atoms with Crippen molar-refractivity contribution in [3.05, 3.63) is 82.8 Å². The van der Waals surface area contributed by atoms with Gasteiger partial charge >= 0.3 is 5.97 Å². The van der Waals surface area contributed by atoms with E-state index in [1.165, 1.54) is 0 Å².